The van der Waals surface area contributed by atoms with E-state index in [1.165, 1.54) is 12.1 Å². The number of nitrogens with two attached hydrogens (primary N) is 1. The number of rotatable bonds is 7. The monoisotopic (exact) mass is 295 g/mol. The van der Waals surface area contributed by atoms with E-state index in [2.05, 4.69) is 10.6 Å². The number of nitrogens with one attached hydrogen (secondary N) is 2. The van der Waals surface area contributed by atoms with Crippen LogP contribution in [-0.4, -0.2) is 47.2 Å². The SMILES string of the molecule is Nc1ccc(C(=O)NCC(=O)NCC[C@H](O)C(=O)O)cc1. The van der Waals surface area contributed by atoms with Crippen molar-refractivity contribution in [3.63, 3.8) is 0 Å². The summed E-state index contributed by atoms with van der Waals surface area (Å²) in [7, 11) is 0. The van der Waals surface area contributed by atoms with Gasteiger partial charge in [0, 0.05) is 24.2 Å². The number of hydrogen-bond donors (Lipinski definition) is 5. The molecule has 0 aliphatic carbocycles. The van der Waals surface area contributed by atoms with Gasteiger partial charge in [-0.25, -0.2) is 4.79 Å². The first-order valence-corrected chi connectivity index (χ1v) is 6.21. The van der Waals surface area contributed by atoms with E-state index >= 15 is 0 Å². The molecule has 21 heavy (non-hydrogen) atoms. The summed E-state index contributed by atoms with van der Waals surface area (Å²) < 4.78 is 0. The molecule has 0 saturated heterocycles. The highest BCUT2D eigenvalue weighted by atomic mass is 16.4. The molecule has 2 amide bonds. The van der Waals surface area contributed by atoms with Crippen LogP contribution in [0.2, 0.25) is 0 Å². The fourth-order valence-electron chi connectivity index (χ4n) is 1.43. The van der Waals surface area contributed by atoms with Gasteiger partial charge in [-0.15, -0.1) is 0 Å². The maximum Gasteiger partial charge on any atom is 0.332 e. The zero-order valence-corrected chi connectivity index (χ0v) is 11.2. The minimum Gasteiger partial charge on any atom is -0.479 e. The standard InChI is InChI=1S/C13H17N3O5/c14-9-3-1-8(2-4-9)12(19)16-7-11(18)15-6-5-10(17)13(20)21/h1-4,10,17H,5-7,14H2,(H,15,18)(H,16,19)(H,20,21)/t10-/m0/s1. The van der Waals surface area contributed by atoms with Gasteiger partial charge in [-0.1, -0.05) is 0 Å². The highest BCUT2D eigenvalue weighted by Crippen LogP contribution is 2.04. The fourth-order valence-corrected chi connectivity index (χ4v) is 1.43. The van der Waals surface area contributed by atoms with Crippen molar-refractivity contribution >= 4 is 23.5 Å². The lowest BCUT2D eigenvalue weighted by Crippen LogP contribution is -2.38. The van der Waals surface area contributed by atoms with Crippen LogP contribution in [0.15, 0.2) is 24.3 Å². The Morgan fingerprint density at radius 2 is 1.76 bits per heavy atom. The molecule has 8 nitrogen and oxygen atoms in total. The number of carboxylic acids is 1. The van der Waals surface area contributed by atoms with Crippen LogP contribution in [0.4, 0.5) is 5.69 Å². The van der Waals surface area contributed by atoms with Gasteiger partial charge in [0.05, 0.1) is 6.54 Å². The molecule has 0 aliphatic heterocycles. The van der Waals surface area contributed by atoms with Crippen LogP contribution in [0.3, 0.4) is 0 Å². The van der Waals surface area contributed by atoms with Gasteiger partial charge >= 0.3 is 5.97 Å². The molecule has 0 spiro atoms. The molecule has 1 aromatic rings. The van der Waals surface area contributed by atoms with E-state index in [1.54, 1.807) is 12.1 Å². The quantitative estimate of drug-likeness (QED) is 0.406. The Hall–Kier alpha value is -2.61. The van der Waals surface area contributed by atoms with Crippen LogP contribution in [0, 0.1) is 0 Å². The van der Waals surface area contributed by atoms with Gasteiger partial charge in [0.1, 0.15) is 0 Å². The molecule has 0 aromatic heterocycles. The maximum atomic E-state index is 11.7. The number of carbonyl (C=O) groups excluding carboxylic acids is 2. The number of benzene rings is 1. The number of aliphatic carboxylic acids is 1. The van der Waals surface area contributed by atoms with E-state index in [0.29, 0.717) is 11.3 Å². The summed E-state index contributed by atoms with van der Waals surface area (Å²) in [4.78, 5) is 33.4. The van der Waals surface area contributed by atoms with E-state index in [0.717, 1.165) is 0 Å². The van der Waals surface area contributed by atoms with E-state index in [-0.39, 0.29) is 19.5 Å². The van der Waals surface area contributed by atoms with E-state index < -0.39 is 23.9 Å². The number of nitrogen functional groups attached to an aromatic ring is 1. The lowest BCUT2D eigenvalue weighted by molar-refractivity contribution is -0.147. The molecule has 0 heterocycles. The van der Waals surface area contributed by atoms with Crippen molar-refractivity contribution in [1.82, 2.24) is 10.6 Å². The maximum absolute atomic E-state index is 11.7. The van der Waals surface area contributed by atoms with Gasteiger partial charge in [-0.05, 0) is 24.3 Å². The molecule has 0 unspecified atom stereocenters. The summed E-state index contributed by atoms with van der Waals surface area (Å²) in [5.74, 6) is -2.24. The van der Waals surface area contributed by atoms with Gasteiger partial charge in [0.15, 0.2) is 6.10 Å². The molecule has 0 fully saturated rings. The number of anilines is 1. The smallest absolute Gasteiger partial charge is 0.332 e. The third-order valence-electron chi connectivity index (χ3n) is 2.61. The molecule has 6 N–H and O–H groups in total. The highest BCUT2D eigenvalue weighted by molar-refractivity contribution is 5.96. The second-order valence-electron chi connectivity index (χ2n) is 4.30. The summed E-state index contributed by atoms with van der Waals surface area (Å²) in [5.41, 5.74) is 6.39. The van der Waals surface area contributed by atoms with E-state index in [1.807, 2.05) is 0 Å². The van der Waals surface area contributed by atoms with Crippen molar-refractivity contribution in [3.05, 3.63) is 29.8 Å². The zero-order chi connectivity index (χ0) is 15.8. The van der Waals surface area contributed by atoms with Gasteiger partial charge in [0.25, 0.3) is 5.91 Å². The number of aliphatic hydroxyl groups is 1. The Bertz CT molecular complexity index is 515. The van der Waals surface area contributed by atoms with Crippen molar-refractivity contribution in [1.29, 1.82) is 0 Å². The summed E-state index contributed by atoms with van der Waals surface area (Å²) in [5, 5.41) is 22.2. The minimum absolute atomic E-state index is 0.00401. The van der Waals surface area contributed by atoms with Crippen LogP contribution in [-0.2, 0) is 9.59 Å². The lowest BCUT2D eigenvalue weighted by atomic mass is 10.2. The molecule has 0 saturated carbocycles. The molecule has 0 bridgehead atoms. The predicted molar refractivity (Wildman–Crippen MR) is 74.5 cm³/mol. The first kappa shape index (κ1) is 16.4. The van der Waals surface area contributed by atoms with Crippen molar-refractivity contribution in [2.45, 2.75) is 12.5 Å². The van der Waals surface area contributed by atoms with Crippen molar-refractivity contribution in [2.75, 3.05) is 18.8 Å². The predicted octanol–water partition coefficient (Wildman–Crippen LogP) is -1.05. The fraction of sp³-hybridized carbons (Fsp3) is 0.308. The molecule has 1 rings (SSSR count). The van der Waals surface area contributed by atoms with Crippen LogP contribution < -0.4 is 16.4 Å². The van der Waals surface area contributed by atoms with Gasteiger partial charge in [-0.2, -0.15) is 0 Å². The first-order valence-electron chi connectivity index (χ1n) is 6.21. The Labute approximate surface area is 120 Å². The van der Waals surface area contributed by atoms with Crippen LogP contribution >= 0.6 is 0 Å². The second-order valence-corrected chi connectivity index (χ2v) is 4.30. The molecule has 8 heteroatoms. The Balaban J connectivity index is 2.28. The van der Waals surface area contributed by atoms with Crippen LogP contribution in [0.25, 0.3) is 0 Å². The number of aliphatic hydroxyl groups excluding tert-OH is 1. The lowest BCUT2D eigenvalue weighted by Gasteiger charge is -2.08. The van der Waals surface area contributed by atoms with E-state index in [9.17, 15) is 14.4 Å². The first-order chi connectivity index (χ1) is 9.90. The Morgan fingerprint density at radius 3 is 2.33 bits per heavy atom. The molecule has 1 atom stereocenters. The van der Waals surface area contributed by atoms with Gasteiger partial charge in [-0.3, -0.25) is 9.59 Å². The second kappa shape index (κ2) is 7.85. The number of carbonyl (C=O) groups is 3. The average Bonchev–Trinajstić information content (AvgIpc) is 2.45. The number of amides is 2. The molecule has 0 radical (unpaired) electrons. The topological polar surface area (TPSA) is 142 Å². The molecular weight excluding hydrogens is 278 g/mol. The number of hydrogen-bond acceptors (Lipinski definition) is 5. The molecule has 1 aromatic carbocycles. The van der Waals surface area contributed by atoms with Crippen LogP contribution in [0.5, 0.6) is 0 Å². The largest absolute Gasteiger partial charge is 0.479 e. The van der Waals surface area contributed by atoms with Crippen molar-refractivity contribution < 1.29 is 24.6 Å². The zero-order valence-electron chi connectivity index (χ0n) is 11.2. The van der Waals surface area contributed by atoms with Crippen molar-refractivity contribution in [2.24, 2.45) is 0 Å². The molecular formula is C13H17N3O5. The summed E-state index contributed by atoms with van der Waals surface area (Å²) >= 11 is 0. The molecule has 0 aliphatic rings. The third-order valence-corrected chi connectivity index (χ3v) is 2.61. The Kier molecular flexibility index (Phi) is 6.15. The van der Waals surface area contributed by atoms with Gasteiger partial charge < -0.3 is 26.6 Å². The normalized spacial score (nSPS) is 11.5. The highest BCUT2D eigenvalue weighted by Gasteiger charge is 2.13. The van der Waals surface area contributed by atoms with E-state index in [4.69, 9.17) is 15.9 Å². The summed E-state index contributed by atoms with van der Waals surface area (Å²) in [6.45, 7) is -0.240. The minimum atomic E-state index is -1.52. The Morgan fingerprint density at radius 1 is 1.14 bits per heavy atom. The molecule has 114 valence electrons. The summed E-state index contributed by atoms with van der Waals surface area (Å²) in [6.07, 6.45) is -1.62. The van der Waals surface area contributed by atoms with Crippen LogP contribution in [0.1, 0.15) is 16.8 Å². The number of carboxylic acid groups (broad SMARTS) is 1. The summed E-state index contributed by atoms with van der Waals surface area (Å²) in [6, 6.07) is 6.21. The average molecular weight is 295 g/mol. The van der Waals surface area contributed by atoms with Crippen molar-refractivity contribution in [3.8, 4) is 0 Å². The van der Waals surface area contributed by atoms with Gasteiger partial charge in [0.2, 0.25) is 5.91 Å². The third kappa shape index (κ3) is 5.91.